The molecule has 5 rings (SSSR count). The molecule has 5 aromatic rings. The first-order valence-electron chi connectivity index (χ1n) is 8.31. The molecular weight excluding hydrogens is 344 g/mol. The molecule has 0 spiro atoms. The van der Waals surface area contributed by atoms with Crippen LogP contribution in [0.25, 0.3) is 34.2 Å². The van der Waals surface area contributed by atoms with Crippen LogP contribution in [0.5, 0.6) is 0 Å². The first-order chi connectivity index (χ1) is 13.4. The third-order valence-corrected chi connectivity index (χ3v) is 4.19. The Balaban J connectivity index is 1.63. The zero-order chi connectivity index (χ0) is 18.1. The molecule has 4 heterocycles. The fraction of sp³-hybridized carbons (Fsp3) is 0.0556. The van der Waals surface area contributed by atoms with Crippen LogP contribution in [0.3, 0.4) is 0 Å². The summed E-state index contributed by atoms with van der Waals surface area (Å²) in [6, 6.07) is 15.7. The lowest BCUT2D eigenvalue weighted by Crippen LogP contribution is -2.02. The van der Waals surface area contributed by atoms with Crippen LogP contribution < -0.4 is 0 Å². The van der Waals surface area contributed by atoms with Crippen LogP contribution in [-0.2, 0) is 6.54 Å². The van der Waals surface area contributed by atoms with Crippen molar-refractivity contribution < 1.29 is 4.42 Å². The van der Waals surface area contributed by atoms with Crippen LogP contribution in [0.15, 0.2) is 65.5 Å². The topological polar surface area (TPSA) is 114 Å². The molecule has 0 atom stereocenters. The Labute approximate surface area is 153 Å². The van der Waals surface area contributed by atoms with E-state index in [0.717, 1.165) is 22.6 Å². The molecule has 0 aliphatic carbocycles. The Morgan fingerprint density at radius 1 is 1.00 bits per heavy atom. The van der Waals surface area contributed by atoms with Gasteiger partial charge in [0.15, 0.2) is 17.3 Å². The summed E-state index contributed by atoms with van der Waals surface area (Å²) in [7, 11) is 0. The maximum absolute atomic E-state index is 6.10. The standard InChI is InChI=1S/C18H14N8O/c1-2-4-12(5-3-1)17-18(26(11-19-17)10-16-22-24-25-23-16)15-7-6-14(27-15)13-8-9-20-21-13/h1-9,11H,10H2,(H,20,21)(H,22,23,24,25). The summed E-state index contributed by atoms with van der Waals surface area (Å²) in [5, 5.41) is 21.0. The van der Waals surface area contributed by atoms with E-state index < -0.39 is 0 Å². The van der Waals surface area contributed by atoms with Gasteiger partial charge in [0.25, 0.3) is 0 Å². The number of imidazole rings is 1. The molecule has 1 aromatic carbocycles. The number of hydrogen-bond acceptors (Lipinski definition) is 6. The van der Waals surface area contributed by atoms with Gasteiger partial charge in [-0.05, 0) is 18.2 Å². The minimum absolute atomic E-state index is 0.422. The van der Waals surface area contributed by atoms with Gasteiger partial charge in [0.2, 0.25) is 0 Å². The van der Waals surface area contributed by atoms with Crippen molar-refractivity contribution in [2.45, 2.75) is 6.54 Å². The third-order valence-electron chi connectivity index (χ3n) is 4.19. The second-order valence-electron chi connectivity index (χ2n) is 5.90. The van der Waals surface area contributed by atoms with Gasteiger partial charge in [0.1, 0.15) is 11.4 Å². The van der Waals surface area contributed by atoms with Crippen LogP contribution in [0.4, 0.5) is 0 Å². The molecule has 9 heteroatoms. The van der Waals surface area contributed by atoms with Gasteiger partial charge in [-0.25, -0.2) is 4.98 Å². The molecule has 0 unspecified atom stereocenters. The largest absolute Gasteiger partial charge is 0.453 e. The molecule has 0 bridgehead atoms. The summed E-state index contributed by atoms with van der Waals surface area (Å²) in [5.41, 5.74) is 3.48. The van der Waals surface area contributed by atoms with Gasteiger partial charge in [0.05, 0.1) is 18.6 Å². The number of aromatic nitrogens is 8. The zero-order valence-corrected chi connectivity index (χ0v) is 14.1. The minimum Gasteiger partial charge on any atom is -0.453 e. The van der Waals surface area contributed by atoms with E-state index in [0.29, 0.717) is 23.9 Å². The summed E-state index contributed by atoms with van der Waals surface area (Å²) in [6.45, 7) is 0.422. The number of nitrogens with zero attached hydrogens (tertiary/aromatic N) is 6. The van der Waals surface area contributed by atoms with Gasteiger partial charge < -0.3 is 8.98 Å². The average Bonchev–Trinajstić information content (AvgIpc) is 3.48. The first-order valence-corrected chi connectivity index (χ1v) is 8.31. The van der Waals surface area contributed by atoms with E-state index in [-0.39, 0.29) is 0 Å². The average molecular weight is 358 g/mol. The van der Waals surface area contributed by atoms with Crippen LogP contribution >= 0.6 is 0 Å². The molecule has 0 fully saturated rings. The summed E-state index contributed by atoms with van der Waals surface area (Å²) in [5.74, 6) is 1.96. The van der Waals surface area contributed by atoms with Crippen LogP contribution in [-0.4, -0.2) is 40.4 Å². The van der Waals surface area contributed by atoms with Gasteiger partial charge >= 0.3 is 0 Å². The quantitative estimate of drug-likeness (QED) is 0.499. The fourth-order valence-electron chi connectivity index (χ4n) is 2.97. The third kappa shape index (κ3) is 2.80. The summed E-state index contributed by atoms with van der Waals surface area (Å²) in [4.78, 5) is 4.61. The Hall–Kier alpha value is -4.01. The van der Waals surface area contributed by atoms with Crippen molar-refractivity contribution >= 4 is 0 Å². The maximum atomic E-state index is 6.10. The van der Waals surface area contributed by atoms with Crippen molar-refractivity contribution in [2.75, 3.05) is 0 Å². The number of hydrogen-bond donors (Lipinski definition) is 2. The minimum atomic E-state index is 0.422. The number of H-pyrrole nitrogens is 2. The summed E-state index contributed by atoms with van der Waals surface area (Å²) >= 11 is 0. The molecule has 2 N–H and O–H groups in total. The molecule has 9 nitrogen and oxygen atoms in total. The Bertz CT molecular complexity index is 1140. The fourth-order valence-corrected chi connectivity index (χ4v) is 2.97. The number of aromatic amines is 2. The molecule has 132 valence electrons. The van der Waals surface area contributed by atoms with E-state index in [1.807, 2.05) is 53.1 Å². The predicted molar refractivity (Wildman–Crippen MR) is 96.2 cm³/mol. The maximum Gasteiger partial charge on any atom is 0.194 e. The molecule has 0 aliphatic heterocycles. The van der Waals surface area contributed by atoms with Gasteiger partial charge in [0, 0.05) is 11.8 Å². The first kappa shape index (κ1) is 15.3. The number of rotatable bonds is 5. The van der Waals surface area contributed by atoms with Crippen molar-refractivity contribution in [2.24, 2.45) is 0 Å². The van der Waals surface area contributed by atoms with Gasteiger partial charge in [-0.2, -0.15) is 10.3 Å². The Morgan fingerprint density at radius 3 is 2.67 bits per heavy atom. The highest BCUT2D eigenvalue weighted by molar-refractivity contribution is 5.77. The highest BCUT2D eigenvalue weighted by atomic mass is 16.3. The van der Waals surface area contributed by atoms with E-state index in [1.165, 1.54) is 0 Å². The van der Waals surface area contributed by atoms with E-state index in [4.69, 9.17) is 4.42 Å². The zero-order valence-electron chi connectivity index (χ0n) is 14.1. The predicted octanol–water partition coefficient (Wildman–Crippen LogP) is 2.76. The molecule has 0 radical (unpaired) electrons. The lowest BCUT2D eigenvalue weighted by Gasteiger charge is -2.06. The van der Waals surface area contributed by atoms with Crippen molar-refractivity contribution in [3.8, 4) is 34.2 Å². The van der Waals surface area contributed by atoms with E-state index in [1.54, 1.807) is 12.5 Å². The number of tetrazole rings is 1. The van der Waals surface area contributed by atoms with Crippen LogP contribution in [0.1, 0.15) is 5.82 Å². The molecule has 0 saturated heterocycles. The smallest absolute Gasteiger partial charge is 0.194 e. The van der Waals surface area contributed by atoms with Crippen LogP contribution in [0.2, 0.25) is 0 Å². The molecule has 0 aliphatic rings. The Morgan fingerprint density at radius 2 is 1.89 bits per heavy atom. The SMILES string of the molecule is c1ccc(-c2ncn(Cc3nn[nH]n3)c2-c2ccc(-c3ccn[nH]3)o2)cc1. The van der Waals surface area contributed by atoms with Crippen molar-refractivity contribution in [3.05, 3.63) is 66.9 Å². The highest BCUT2D eigenvalue weighted by Crippen LogP contribution is 2.34. The summed E-state index contributed by atoms with van der Waals surface area (Å²) < 4.78 is 8.05. The number of furan rings is 1. The lowest BCUT2D eigenvalue weighted by molar-refractivity contribution is 0.585. The lowest BCUT2D eigenvalue weighted by atomic mass is 10.1. The molecule has 0 amide bonds. The second kappa shape index (κ2) is 6.37. The molecule has 27 heavy (non-hydrogen) atoms. The molecular formula is C18H14N8O. The van der Waals surface area contributed by atoms with Crippen molar-refractivity contribution in [1.82, 2.24) is 40.4 Å². The number of benzene rings is 1. The van der Waals surface area contributed by atoms with Gasteiger partial charge in [-0.1, -0.05) is 35.5 Å². The normalized spacial score (nSPS) is 11.1. The van der Waals surface area contributed by atoms with E-state index >= 15 is 0 Å². The monoisotopic (exact) mass is 358 g/mol. The highest BCUT2D eigenvalue weighted by Gasteiger charge is 2.19. The van der Waals surface area contributed by atoms with E-state index in [2.05, 4.69) is 35.8 Å². The van der Waals surface area contributed by atoms with E-state index in [9.17, 15) is 0 Å². The van der Waals surface area contributed by atoms with Crippen LogP contribution in [0, 0.1) is 0 Å². The van der Waals surface area contributed by atoms with Gasteiger partial charge in [-0.15, -0.1) is 10.2 Å². The molecule has 0 saturated carbocycles. The van der Waals surface area contributed by atoms with Crippen molar-refractivity contribution in [1.29, 1.82) is 0 Å². The molecule has 4 aromatic heterocycles. The van der Waals surface area contributed by atoms with Crippen molar-refractivity contribution in [3.63, 3.8) is 0 Å². The Kier molecular flexibility index (Phi) is 3.60. The van der Waals surface area contributed by atoms with Gasteiger partial charge in [-0.3, -0.25) is 5.10 Å². The number of nitrogens with one attached hydrogen (secondary N) is 2. The second-order valence-corrected chi connectivity index (χ2v) is 5.90. The summed E-state index contributed by atoms with van der Waals surface area (Å²) in [6.07, 6.45) is 3.44.